The molecule has 6 rings (SSSR count). The maximum atomic E-state index is 13.9. The number of benzene rings is 3. The van der Waals surface area contributed by atoms with Gasteiger partial charge in [0, 0.05) is 54.3 Å². The van der Waals surface area contributed by atoms with Crippen molar-refractivity contribution in [3.05, 3.63) is 113 Å². The Morgan fingerprint density at radius 3 is 2.07 bits per heavy atom. The Morgan fingerprint density at radius 1 is 0.778 bits per heavy atom. The minimum Gasteiger partial charge on any atom is -0.481 e. The lowest BCUT2D eigenvalue weighted by Gasteiger charge is -2.34. The summed E-state index contributed by atoms with van der Waals surface area (Å²) in [5, 5.41) is 24.5. The molecule has 4 N–H and O–H groups in total. The summed E-state index contributed by atoms with van der Waals surface area (Å²) < 4.78 is 2.24. The highest BCUT2D eigenvalue weighted by molar-refractivity contribution is 7.97. The van der Waals surface area contributed by atoms with Gasteiger partial charge in [-0.15, -0.1) is 0 Å². The van der Waals surface area contributed by atoms with Crippen molar-refractivity contribution in [1.29, 1.82) is 0 Å². The van der Waals surface area contributed by atoms with Crippen LogP contribution in [0.5, 0.6) is 0 Å². The van der Waals surface area contributed by atoms with E-state index in [0.717, 1.165) is 79.9 Å². The minimum absolute atomic E-state index is 0.244. The summed E-state index contributed by atoms with van der Waals surface area (Å²) in [5.41, 5.74) is 5.06. The van der Waals surface area contributed by atoms with Crippen LogP contribution < -0.4 is 15.5 Å². The second-order valence-electron chi connectivity index (χ2n) is 14.0. The Morgan fingerprint density at radius 2 is 1.44 bits per heavy atom. The Hall–Kier alpha value is -5.20. The molecule has 2 amide bonds. The number of piperidine rings is 1. The van der Waals surface area contributed by atoms with Crippen LogP contribution in [0.2, 0.25) is 0 Å². The van der Waals surface area contributed by atoms with Gasteiger partial charge in [-0.1, -0.05) is 31.2 Å². The van der Waals surface area contributed by atoms with Crippen molar-refractivity contribution in [3.8, 4) is 0 Å². The van der Waals surface area contributed by atoms with Gasteiger partial charge in [0.25, 0.3) is 11.8 Å². The number of nitrogens with one attached hydrogen (secondary N) is 2. The number of aromatic carboxylic acids is 1. The van der Waals surface area contributed by atoms with Gasteiger partial charge >= 0.3 is 11.9 Å². The molecule has 12 heteroatoms. The molecule has 1 aliphatic carbocycles. The second-order valence-corrected chi connectivity index (χ2v) is 15.1. The lowest BCUT2D eigenvalue weighted by Crippen LogP contribution is -2.34. The maximum absolute atomic E-state index is 13.9. The van der Waals surface area contributed by atoms with Crippen LogP contribution in [0.15, 0.2) is 90.1 Å². The fraction of sp³-hybridized carbons (Fsp3) is 0.357. The lowest BCUT2D eigenvalue weighted by molar-refractivity contribution is -0.143. The van der Waals surface area contributed by atoms with E-state index in [1.807, 2.05) is 48.5 Å². The minimum atomic E-state index is -0.945. The zero-order valence-electron chi connectivity index (χ0n) is 30.5. The average molecular weight is 750 g/mol. The van der Waals surface area contributed by atoms with E-state index in [9.17, 15) is 24.3 Å². The lowest BCUT2D eigenvalue weighted by atomic mass is 9.86. The Balaban J connectivity index is 1.13. The number of pyridine rings is 1. The number of aliphatic carboxylic acids is 1. The Kier molecular flexibility index (Phi) is 13.0. The number of anilines is 3. The van der Waals surface area contributed by atoms with E-state index in [0.29, 0.717) is 35.3 Å². The van der Waals surface area contributed by atoms with Crippen molar-refractivity contribution in [3.63, 3.8) is 0 Å². The number of carbonyl (C=O) groups excluding carboxylic acids is 2. The van der Waals surface area contributed by atoms with E-state index < -0.39 is 11.9 Å². The van der Waals surface area contributed by atoms with Crippen molar-refractivity contribution in [2.24, 2.45) is 5.92 Å². The quantitative estimate of drug-likeness (QED) is 0.0933. The molecule has 1 saturated heterocycles. The molecule has 282 valence electrons. The van der Waals surface area contributed by atoms with Crippen LogP contribution in [0.3, 0.4) is 0 Å². The summed E-state index contributed by atoms with van der Waals surface area (Å²) in [7, 11) is 0. The molecule has 0 spiro atoms. The number of nitrogens with zero attached hydrogens (tertiary/aromatic N) is 3. The van der Waals surface area contributed by atoms with Crippen LogP contribution in [0.25, 0.3) is 0 Å². The third kappa shape index (κ3) is 10.1. The molecule has 2 heterocycles. The molecule has 0 bridgehead atoms. The largest absolute Gasteiger partial charge is 0.481 e. The number of amides is 2. The smallest absolute Gasteiger partial charge is 0.335 e. The summed E-state index contributed by atoms with van der Waals surface area (Å²) >= 11 is 1.53. The number of carboxylic acid groups (broad SMARTS) is 2. The normalized spacial score (nSPS) is 17.2. The number of hydrogen-bond donors (Lipinski definition) is 4. The van der Waals surface area contributed by atoms with Gasteiger partial charge in [-0.05, 0) is 129 Å². The predicted molar refractivity (Wildman–Crippen MR) is 212 cm³/mol. The maximum Gasteiger partial charge on any atom is 0.335 e. The highest BCUT2D eigenvalue weighted by atomic mass is 32.2. The number of carbonyl (C=O) groups is 4. The van der Waals surface area contributed by atoms with Crippen molar-refractivity contribution in [1.82, 2.24) is 9.29 Å². The molecule has 0 unspecified atom stereocenters. The fourth-order valence-electron chi connectivity index (χ4n) is 7.16. The molecule has 54 heavy (non-hydrogen) atoms. The first kappa shape index (κ1) is 38.5. The summed E-state index contributed by atoms with van der Waals surface area (Å²) in [5.74, 6) is -2.67. The van der Waals surface area contributed by atoms with E-state index in [1.165, 1.54) is 24.6 Å². The average Bonchev–Trinajstić information content (AvgIpc) is 3.20. The summed E-state index contributed by atoms with van der Waals surface area (Å²) in [6.07, 6.45) is 11.0. The first-order valence-electron chi connectivity index (χ1n) is 18.7. The molecular formula is C42H47N5O6S. The molecule has 4 aromatic rings. The molecule has 0 atom stereocenters. The van der Waals surface area contributed by atoms with Crippen molar-refractivity contribution < 1.29 is 29.4 Å². The molecule has 11 nitrogen and oxygen atoms in total. The number of aromatic nitrogens is 1. The van der Waals surface area contributed by atoms with E-state index in [1.54, 1.807) is 30.5 Å². The third-order valence-corrected chi connectivity index (χ3v) is 11.5. The van der Waals surface area contributed by atoms with Gasteiger partial charge in [0.15, 0.2) is 0 Å². The highest BCUT2D eigenvalue weighted by Crippen LogP contribution is 2.34. The van der Waals surface area contributed by atoms with Crippen LogP contribution in [0.1, 0.15) is 94.1 Å². The molecule has 1 saturated carbocycles. The van der Waals surface area contributed by atoms with Crippen LogP contribution in [0, 0.1) is 5.92 Å². The van der Waals surface area contributed by atoms with E-state index in [2.05, 4.69) is 31.7 Å². The predicted octanol–water partition coefficient (Wildman–Crippen LogP) is 8.03. The second kappa shape index (κ2) is 18.2. The molecule has 3 aromatic carbocycles. The number of aryl methyl sites for hydroxylation is 2. The molecular weight excluding hydrogens is 703 g/mol. The third-order valence-electron chi connectivity index (χ3n) is 10.3. The first-order chi connectivity index (χ1) is 26.2. The van der Waals surface area contributed by atoms with Gasteiger partial charge in [0.1, 0.15) is 0 Å². The van der Waals surface area contributed by atoms with E-state index in [4.69, 9.17) is 5.11 Å². The van der Waals surface area contributed by atoms with Crippen molar-refractivity contribution in [2.75, 3.05) is 35.2 Å². The summed E-state index contributed by atoms with van der Waals surface area (Å²) in [6, 6.07) is 22.2. The molecule has 2 fully saturated rings. The molecule has 1 aliphatic heterocycles. The van der Waals surface area contributed by atoms with Crippen LogP contribution in [0.4, 0.5) is 17.1 Å². The standard InChI is InChI=1S/C42H47N5O6S/c1-2-47(34-18-14-31(15-19-34)42(52)53)54-36-24-32(26-43-27-36)39(48)45-38-21-20-35(46-22-4-3-5-23-46)25-37(38)40(49)44-33-16-10-29(11-17-33)7-6-28-8-12-30(13-9-28)41(50)51/h8-13,16-17,20-21,24-27,31,34H,2-7,14-15,18-19,22-23H2,1H3,(H,44,49)(H,45,48)(H,50,51)(H,52,53)/t31-,34-. The highest BCUT2D eigenvalue weighted by Gasteiger charge is 2.29. The van der Waals surface area contributed by atoms with Gasteiger partial charge in [-0.3, -0.25) is 19.4 Å². The summed E-state index contributed by atoms with van der Waals surface area (Å²) in [4.78, 5) is 57.6. The number of rotatable bonds is 14. The molecule has 2 aliphatic rings. The Bertz CT molecular complexity index is 1940. The van der Waals surface area contributed by atoms with E-state index in [-0.39, 0.29) is 29.3 Å². The zero-order chi connectivity index (χ0) is 38.0. The van der Waals surface area contributed by atoms with Crippen LogP contribution in [-0.2, 0) is 17.6 Å². The Labute approximate surface area is 320 Å². The van der Waals surface area contributed by atoms with Gasteiger partial charge in [-0.25, -0.2) is 9.10 Å². The van der Waals surface area contributed by atoms with Gasteiger partial charge in [0.2, 0.25) is 0 Å². The molecule has 1 aromatic heterocycles. The molecule has 0 radical (unpaired) electrons. The monoisotopic (exact) mass is 749 g/mol. The van der Waals surface area contributed by atoms with Gasteiger partial charge in [-0.2, -0.15) is 0 Å². The number of carboxylic acids is 2. The van der Waals surface area contributed by atoms with Crippen LogP contribution in [-0.4, -0.2) is 68.9 Å². The zero-order valence-corrected chi connectivity index (χ0v) is 31.3. The summed E-state index contributed by atoms with van der Waals surface area (Å²) in [6.45, 7) is 4.65. The van der Waals surface area contributed by atoms with Gasteiger partial charge < -0.3 is 25.7 Å². The van der Waals surface area contributed by atoms with Crippen molar-refractivity contribution >= 4 is 52.8 Å². The first-order valence-corrected chi connectivity index (χ1v) is 19.5. The van der Waals surface area contributed by atoms with Gasteiger partial charge in [0.05, 0.1) is 28.3 Å². The van der Waals surface area contributed by atoms with Crippen molar-refractivity contribution in [2.45, 2.75) is 75.6 Å². The van der Waals surface area contributed by atoms with Crippen LogP contribution >= 0.6 is 11.9 Å². The topological polar surface area (TPSA) is 152 Å². The SMILES string of the molecule is CCN(Sc1cncc(C(=O)Nc2ccc(N3CCCCC3)cc2C(=O)Nc2ccc(CCc3ccc(C(=O)O)cc3)cc2)c1)[C@H]1CC[C@H](C(=O)O)CC1. The fourth-order valence-corrected chi connectivity index (χ4v) is 8.21. The number of hydrogen-bond acceptors (Lipinski definition) is 8. The van der Waals surface area contributed by atoms with E-state index >= 15 is 0 Å².